The van der Waals surface area contributed by atoms with Crippen molar-refractivity contribution in [3.05, 3.63) is 16.1 Å². The molecule has 0 unspecified atom stereocenters. The maximum atomic E-state index is 12.5. The van der Waals surface area contributed by atoms with E-state index in [2.05, 4.69) is 20.6 Å². The van der Waals surface area contributed by atoms with Crippen molar-refractivity contribution < 1.29 is 18.0 Å². The van der Waals surface area contributed by atoms with E-state index in [1.807, 2.05) is 6.92 Å². The van der Waals surface area contributed by atoms with Crippen LogP contribution in [-0.2, 0) is 17.4 Å². The minimum Gasteiger partial charge on any atom is -0.357 e. The number of nitrogens with one attached hydrogen (secondary N) is 2. The third kappa shape index (κ3) is 7.16. The lowest BCUT2D eigenvalue weighted by atomic mass is 10.4. The van der Waals surface area contributed by atoms with Gasteiger partial charge in [-0.05, 0) is 6.92 Å². The molecule has 0 bridgehead atoms. The third-order valence-electron chi connectivity index (χ3n) is 2.91. The number of aromatic nitrogens is 1. The van der Waals surface area contributed by atoms with Gasteiger partial charge in [0.15, 0.2) is 11.7 Å². The SMILES string of the molecule is CCNC(=NCCc1nc(C(F)(F)F)cs1)NCCC(=O)N(C)C. The van der Waals surface area contributed by atoms with E-state index in [-0.39, 0.29) is 5.91 Å². The van der Waals surface area contributed by atoms with Gasteiger partial charge < -0.3 is 15.5 Å². The molecule has 1 rings (SSSR count). The second kappa shape index (κ2) is 9.45. The number of halogens is 3. The summed E-state index contributed by atoms with van der Waals surface area (Å²) in [4.78, 5) is 20.8. The van der Waals surface area contributed by atoms with Gasteiger partial charge in [-0.15, -0.1) is 11.3 Å². The van der Waals surface area contributed by atoms with Crippen molar-refractivity contribution >= 4 is 23.2 Å². The first kappa shape index (κ1) is 20.2. The lowest BCUT2D eigenvalue weighted by Gasteiger charge is -2.13. The summed E-state index contributed by atoms with van der Waals surface area (Å²) in [6.07, 6.45) is -3.75. The first-order chi connectivity index (χ1) is 11.2. The average Bonchev–Trinajstić information content (AvgIpc) is 2.96. The fourth-order valence-corrected chi connectivity index (χ4v) is 2.47. The quantitative estimate of drug-likeness (QED) is 0.570. The van der Waals surface area contributed by atoms with Crippen LogP contribution in [0.3, 0.4) is 0 Å². The monoisotopic (exact) mass is 365 g/mol. The maximum absolute atomic E-state index is 12.5. The Morgan fingerprint density at radius 3 is 2.62 bits per heavy atom. The van der Waals surface area contributed by atoms with Crippen LogP contribution in [-0.4, -0.2) is 55.5 Å². The Kier molecular flexibility index (Phi) is 7.96. The zero-order chi connectivity index (χ0) is 18.2. The normalized spacial score (nSPS) is 12.2. The molecular weight excluding hydrogens is 343 g/mol. The molecule has 2 N–H and O–H groups in total. The highest BCUT2D eigenvalue weighted by Gasteiger charge is 2.33. The van der Waals surface area contributed by atoms with Gasteiger partial charge in [0.1, 0.15) is 0 Å². The van der Waals surface area contributed by atoms with E-state index in [1.54, 1.807) is 14.1 Å². The fourth-order valence-electron chi connectivity index (χ4n) is 1.67. The van der Waals surface area contributed by atoms with Crippen LogP contribution < -0.4 is 10.6 Å². The second-order valence-corrected chi connectivity index (χ2v) is 6.04. The summed E-state index contributed by atoms with van der Waals surface area (Å²) >= 11 is 0.975. The van der Waals surface area contributed by atoms with Crippen LogP contribution in [0.1, 0.15) is 24.0 Å². The molecule has 136 valence electrons. The molecule has 0 saturated carbocycles. The molecule has 1 amide bonds. The number of alkyl halides is 3. The molecule has 1 heterocycles. The van der Waals surface area contributed by atoms with E-state index in [1.165, 1.54) is 4.90 Å². The Bertz CT molecular complexity index is 557. The fraction of sp³-hybridized carbons (Fsp3) is 0.643. The second-order valence-electron chi connectivity index (χ2n) is 5.10. The Labute approximate surface area is 143 Å². The van der Waals surface area contributed by atoms with Crippen molar-refractivity contribution in [3.63, 3.8) is 0 Å². The Balaban J connectivity index is 2.48. The predicted molar refractivity (Wildman–Crippen MR) is 88.1 cm³/mol. The largest absolute Gasteiger partial charge is 0.434 e. The van der Waals surface area contributed by atoms with Gasteiger partial charge >= 0.3 is 6.18 Å². The minimum atomic E-state index is -4.41. The zero-order valence-corrected chi connectivity index (χ0v) is 14.7. The van der Waals surface area contributed by atoms with Gasteiger partial charge in [-0.1, -0.05) is 0 Å². The summed E-state index contributed by atoms with van der Waals surface area (Å²) in [7, 11) is 3.37. The summed E-state index contributed by atoms with van der Waals surface area (Å²) in [5.74, 6) is 0.525. The molecule has 0 aliphatic rings. The number of guanidine groups is 1. The molecule has 0 aliphatic carbocycles. The molecule has 6 nitrogen and oxygen atoms in total. The van der Waals surface area contributed by atoms with Crippen LogP contribution in [0.4, 0.5) is 13.2 Å². The Morgan fingerprint density at radius 1 is 1.38 bits per heavy atom. The molecule has 24 heavy (non-hydrogen) atoms. The van der Waals surface area contributed by atoms with Crippen LogP contribution in [0, 0.1) is 0 Å². The summed E-state index contributed by atoms with van der Waals surface area (Å²) < 4.78 is 37.4. The number of nitrogens with zero attached hydrogens (tertiary/aromatic N) is 3. The highest BCUT2D eigenvalue weighted by molar-refractivity contribution is 7.09. The number of carbonyl (C=O) groups is 1. The number of hydrogen-bond donors (Lipinski definition) is 2. The van der Waals surface area contributed by atoms with E-state index >= 15 is 0 Å². The number of amides is 1. The van der Waals surface area contributed by atoms with Crippen LogP contribution in [0.15, 0.2) is 10.4 Å². The van der Waals surface area contributed by atoms with Crippen molar-refractivity contribution in [1.29, 1.82) is 0 Å². The van der Waals surface area contributed by atoms with Gasteiger partial charge in [0.25, 0.3) is 0 Å². The third-order valence-corrected chi connectivity index (χ3v) is 3.82. The standard InChI is InChI=1S/C14H22F3N5OS/c1-4-18-13(20-8-6-12(23)22(2)3)19-7-5-11-21-10(9-24-11)14(15,16)17/h9H,4-8H2,1-3H3,(H2,18,19,20). The van der Waals surface area contributed by atoms with Gasteiger partial charge in [0.05, 0.1) is 5.01 Å². The molecule has 0 radical (unpaired) electrons. The first-order valence-corrected chi connectivity index (χ1v) is 8.36. The van der Waals surface area contributed by atoms with Crippen LogP contribution in [0.2, 0.25) is 0 Å². The minimum absolute atomic E-state index is 0.000754. The highest BCUT2D eigenvalue weighted by atomic mass is 32.1. The molecule has 1 aromatic rings. The highest BCUT2D eigenvalue weighted by Crippen LogP contribution is 2.30. The van der Waals surface area contributed by atoms with E-state index in [9.17, 15) is 18.0 Å². The number of rotatable bonds is 7. The number of aliphatic imine (C=N–C) groups is 1. The van der Waals surface area contributed by atoms with Crippen LogP contribution >= 0.6 is 11.3 Å². The molecule has 0 spiro atoms. The Hall–Kier alpha value is -1.84. The van der Waals surface area contributed by atoms with Crippen molar-refractivity contribution in [2.24, 2.45) is 4.99 Å². The molecule has 0 aliphatic heterocycles. The van der Waals surface area contributed by atoms with Gasteiger partial charge in [-0.2, -0.15) is 13.2 Å². The topological polar surface area (TPSA) is 69.6 Å². The van der Waals surface area contributed by atoms with Gasteiger partial charge in [-0.3, -0.25) is 9.79 Å². The molecular formula is C14H22F3N5OS. The van der Waals surface area contributed by atoms with E-state index in [0.29, 0.717) is 43.4 Å². The van der Waals surface area contributed by atoms with E-state index in [0.717, 1.165) is 16.7 Å². The van der Waals surface area contributed by atoms with Gasteiger partial charge in [0, 0.05) is 52.0 Å². The smallest absolute Gasteiger partial charge is 0.357 e. The predicted octanol–water partition coefficient (Wildman–Crippen LogP) is 1.74. The lowest BCUT2D eigenvalue weighted by Crippen LogP contribution is -2.39. The summed E-state index contributed by atoms with van der Waals surface area (Å²) in [5, 5.41) is 7.44. The summed E-state index contributed by atoms with van der Waals surface area (Å²) in [5.41, 5.74) is -0.862. The number of carbonyl (C=O) groups excluding carboxylic acids is 1. The Morgan fingerprint density at radius 2 is 2.08 bits per heavy atom. The van der Waals surface area contributed by atoms with Crippen molar-refractivity contribution in [1.82, 2.24) is 20.5 Å². The van der Waals surface area contributed by atoms with Crippen molar-refractivity contribution in [2.75, 3.05) is 33.7 Å². The molecule has 0 aromatic carbocycles. The van der Waals surface area contributed by atoms with Crippen molar-refractivity contribution in [3.8, 4) is 0 Å². The van der Waals surface area contributed by atoms with Crippen molar-refractivity contribution in [2.45, 2.75) is 25.9 Å². The van der Waals surface area contributed by atoms with Crippen LogP contribution in [0.5, 0.6) is 0 Å². The number of hydrogen-bond acceptors (Lipinski definition) is 4. The molecule has 0 fully saturated rings. The van der Waals surface area contributed by atoms with E-state index in [4.69, 9.17) is 0 Å². The molecule has 10 heteroatoms. The summed E-state index contributed by atoms with van der Waals surface area (Å²) in [6, 6.07) is 0. The number of thiazole rings is 1. The van der Waals surface area contributed by atoms with E-state index < -0.39 is 11.9 Å². The van der Waals surface area contributed by atoms with Gasteiger partial charge in [-0.25, -0.2) is 4.98 Å². The molecule has 0 saturated heterocycles. The lowest BCUT2D eigenvalue weighted by molar-refractivity contribution is -0.140. The van der Waals surface area contributed by atoms with Gasteiger partial charge in [0.2, 0.25) is 5.91 Å². The average molecular weight is 365 g/mol. The maximum Gasteiger partial charge on any atom is 0.434 e. The molecule has 0 atom stereocenters. The zero-order valence-electron chi connectivity index (χ0n) is 13.9. The first-order valence-electron chi connectivity index (χ1n) is 7.48. The molecule has 1 aromatic heterocycles. The van der Waals surface area contributed by atoms with Crippen LogP contribution in [0.25, 0.3) is 0 Å². The summed E-state index contributed by atoms with van der Waals surface area (Å²) in [6.45, 7) is 3.28.